The molecular weight excluding hydrogens is 471 g/mol. The molecule has 1 saturated heterocycles. The highest BCUT2D eigenvalue weighted by Gasteiger charge is 2.22. The Hall–Kier alpha value is -4.34. The van der Waals surface area contributed by atoms with Crippen molar-refractivity contribution >= 4 is 39.8 Å². The zero-order valence-electron chi connectivity index (χ0n) is 20.2. The van der Waals surface area contributed by atoms with Gasteiger partial charge in [0.25, 0.3) is 0 Å². The number of benzene rings is 3. The average Bonchev–Trinajstić information content (AvgIpc) is 2.93. The lowest BCUT2D eigenvalue weighted by Crippen LogP contribution is -2.49. The summed E-state index contributed by atoms with van der Waals surface area (Å²) < 4.78 is 20.6. The molecule has 0 radical (unpaired) electrons. The van der Waals surface area contributed by atoms with E-state index in [1.54, 1.807) is 36.5 Å². The van der Waals surface area contributed by atoms with Gasteiger partial charge in [-0.15, -0.1) is 0 Å². The van der Waals surface area contributed by atoms with Gasteiger partial charge >= 0.3 is 0 Å². The number of rotatable bonds is 7. The Kier molecular flexibility index (Phi) is 7.07. The summed E-state index contributed by atoms with van der Waals surface area (Å²) in [5, 5.41) is 6.61. The monoisotopic (exact) mass is 498 g/mol. The quantitative estimate of drug-likeness (QED) is 0.323. The highest BCUT2D eigenvalue weighted by atomic mass is 19.1. The van der Waals surface area contributed by atoms with Crippen molar-refractivity contribution in [3.8, 4) is 11.1 Å². The number of hydrogen-bond acceptors (Lipinski definition) is 7. The Balaban J connectivity index is 1.44. The largest absolute Gasteiger partial charge is 0.377 e. The van der Waals surface area contributed by atoms with E-state index in [-0.39, 0.29) is 11.9 Å². The number of fused-ring (bicyclic) bond motifs is 1. The van der Waals surface area contributed by atoms with Crippen LogP contribution in [0.5, 0.6) is 0 Å². The molecule has 0 unspecified atom stereocenters. The van der Waals surface area contributed by atoms with Gasteiger partial charge in [0.15, 0.2) is 0 Å². The van der Waals surface area contributed by atoms with Gasteiger partial charge in [-0.1, -0.05) is 18.7 Å². The minimum atomic E-state index is -0.423. The predicted molar refractivity (Wildman–Crippen MR) is 144 cm³/mol. The van der Waals surface area contributed by atoms with Crippen molar-refractivity contribution in [3.05, 3.63) is 85.3 Å². The van der Waals surface area contributed by atoms with Crippen LogP contribution in [0.2, 0.25) is 0 Å². The lowest BCUT2D eigenvalue weighted by Gasteiger charge is -2.36. The molecule has 5 rings (SSSR count). The summed E-state index contributed by atoms with van der Waals surface area (Å²) in [6.45, 7) is 6.06. The first-order valence-corrected chi connectivity index (χ1v) is 12.0. The number of nitrogens with one attached hydrogen (secondary N) is 2. The topological polar surface area (TPSA) is 105 Å². The third-order valence-corrected chi connectivity index (χ3v) is 6.26. The first-order chi connectivity index (χ1) is 18.1. The number of hydrogen-bond donors (Lipinski definition) is 3. The van der Waals surface area contributed by atoms with E-state index >= 15 is 4.39 Å². The number of carbonyl (C=O) groups excluding carboxylic acids is 1. The minimum absolute atomic E-state index is 0.147. The number of ether oxygens (including phenoxy) is 1. The van der Waals surface area contributed by atoms with E-state index in [1.165, 1.54) is 12.1 Å². The van der Waals surface area contributed by atoms with Gasteiger partial charge in [-0.2, -0.15) is 0 Å². The maximum Gasteiger partial charge on any atom is 0.247 e. The Bertz CT molecular complexity index is 1440. The van der Waals surface area contributed by atoms with Crippen LogP contribution in [0.4, 0.5) is 27.4 Å². The summed E-state index contributed by atoms with van der Waals surface area (Å²) in [5.74, 6) is -0.425. The predicted octanol–water partition coefficient (Wildman–Crippen LogP) is 4.47. The second-order valence-corrected chi connectivity index (χ2v) is 8.66. The molecule has 1 atom stereocenters. The SMILES string of the molecule is C=CC(=O)Nc1cccc(-c2c(F)ccc3cnc(Nc4ccc(N5CCOC[C@@H]5CN)cc4)nc23)c1. The Labute approximate surface area is 214 Å². The summed E-state index contributed by atoms with van der Waals surface area (Å²) in [7, 11) is 0. The van der Waals surface area contributed by atoms with E-state index in [9.17, 15) is 4.79 Å². The van der Waals surface area contributed by atoms with Crippen LogP contribution in [-0.2, 0) is 9.53 Å². The van der Waals surface area contributed by atoms with Crippen molar-refractivity contribution in [2.75, 3.05) is 41.8 Å². The molecule has 1 aliphatic heterocycles. The van der Waals surface area contributed by atoms with Crippen LogP contribution >= 0.6 is 0 Å². The number of morpholine rings is 1. The fourth-order valence-corrected chi connectivity index (χ4v) is 4.41. The van der Waals surface area contributed by atoms with E-state index < -0.39 is 5.82 Å². The second kappa shape index (κ2) is 10.7. The third-order valence-electron chi connectivity index (χ3n) is 6.26. The number of carbonyl (C=O) groups is 1. The average molecular weight is 499 g/mol. The fraction of sp³-hybridized carbons (Fsp3) is 0.179. The van der Waals surface area contributed by atoms with Gasteiger partial charge in [0.05, 0.1) is 24.8 Å². The minimum Gasteiger partial charge on any atom is -0.377 e. The van der Waals surface area contributed by atoms with Crippen molar-refractivity contribution in [1.82, 2.24) is 9.97 Å². The maximum atomic E-state index is 15.1. The van der Waals surface area contributed by atoms with Crippen LogP contribution in [0, 0.1) is 5.82 Å². The van der Waals surface area contributed by atoms with Gasteiger partial charge in [-0.25, -0.2) is 14.4 Å². The van der Waals surface area contributed by atoms with Gasteiger partial charge in [0, 0.05) is 47.3 Å². The molecule has 0 spiro atoms. The Morgan fingerprint density at radius 1 is 1.19 bits per heavy atom. The molecule has 37 heavy (non-hydrogen) atoms. The van der Waals surface area contributed by atoms with Crippen molar-refractivity contribution in [2.24, 2.45) is 5.73 Å². The number of halogens is 1. The Morgan fingerprint density at radius 2 is 2.03 bits per heavy atom. The molecule has 3 aromatic carbocycles. The molecule has 0 saturated carbocycles. The molecule has 9 heteroatoms. The molecule has 188 valence electrons. The third kappa shape index (κ3) is 5.28. The van der Waals surface area contributed by atoms with Gasteiger partial charge in [-0.05, 0) is 60.2 Å². The standard InChI is InChI=1S/C28H27FN6O2/c1-2-25(36)32-21-5-3-4-18(14-21)26-24(29)11-6-19-16-31-28(34-27(19)26)33-20-7-9-22(10-8-20)35-12-13-37-17-23(35)15-30/h2-11,14,16,23H,1,12-13,15,17,30H2,(H,32,36)(H,31,33,34)/t23-/m0/s1. The van der Waals surface area contributed by atoms with Gasteiger partial charge < -0.3 is 26.0 Å². The van der Waals surface area contributed by atoms with Crippen molar-refractivity contribution in [1.29, 1.82) is 0 Å². The van der Waals surface area contributed by atoms with E-state index in [4.69, 9.17) is 10.5 Å². The van der Waals surface area contributed by atoms with Crippen LogP contribution in [0.15, 0.2) is 79.5 Å². The molecule has 0 bridgehead atoms. The van der Waals surface area contributed by atoms with Crippen LogP contribution in [0.1, 0.15) is 0 Å². The van der Waals surface area contributed by atoms with E-state index in [2.05, 4.69) is 32.1 Å². The van der Waals surface area contributed by atoms with E-state index in [0.717, 1.165) is 17.9 Å². The lowest BCUT2D eigenvalue weighted by molar-refractivity contribution is -0.111. The normalized spacial score (nSPS) is 15.4. The van der Waals surface area contributed by atoms with Gasteiger partial charge in [-0.3, -0.25) is 4.79 Å². The molecule has 0 aliphatic carbocycles. The van der Waals surface area contributed by atoms with Crippen LogP contribution in [-0.4, -0.2) is 48.2 Å². The number of nitrogens with two attached hydrogens (primary N) is 1. The molecule has 2 heterocycles. The highest BCUT2D eigenvalue weighted by Crippen LogP contribution is 2.32. The molecular formula is C28H27FN6O2. The van der Waals surface area contributed by atoms with Crippen molar-refractivity contribution < 1.29 is 13.9 Å². The summed E-state index contributed by atoms with van der Waals surface area (Å²) in [4.78, 5) is 23.0. The summed E-state index contributed by atoms with van der Waals surface area (Å²) in [5.41, 5.74) is 9.67. The highest BCUT2D eigenvalue weighted by molar-refractivity contribution is 6.00. The summed E-state index contributed by atoms with van der Waals surface area (Å²) in [6, 6.07) is 18.1. The van der Waals surface area contributed by atoms with Crippen LogP contribution in [0.3, 0.4) is 0 Å². The summed E-state index contributed by atoms with van der Waals surface area (Å²) in [6.07, 6.45) is 2.84. The van der Waals surface area contributed by atoms with Crippen LogP contribution < -0.4 is 21.3 Å². The summed E-state index contributed by atoms with van der Waals surface area (Å²) >= 11 is 0. The molecule has 4 aromatic rings. The number of anilines is 4. The Morgan fingerprint density at radius 3 is 2.81 bits per heavy atom. The van der Waals surface area contributed by atoms with E-state index in [1.807, 2.05) is 24.3 Å². The van der Waals surface area contributed by atoms with Crippen molar-refractivity contribution in [3.63, 3.8) is 0 Å². The molecule has 1 aromatic heterocycles. The van der Waals surface area contributed by atoms with Gasteiger partial charge in [0.2, 0.25) is 11.9 Å². The molecule has 1 aliphatic rings. The smallest absolute Gasteiger partial charge is 0.247 e. The molecule has 8 nitrogen and oxygen atoms in total. The first kappa shape index (κ1) is 24.4. The van der Waals surface area contributed by atoms with Crippen LogP contribution in [0.25, 0.3) is 22.0 Å². The number of aromatic nitrogens is 2. The fourth-order valence-electron chi connectivity index (χ4n) is 4.41. The maximum absolute atomic E-state index is 15.1. The zero-order valence-corrected chi connectivity index (χ0v) is 20.2. The second-order valence-electron chi connectivity index (χ2n) is 8.66. The zero-order chi connectivity index (χ0) is 25.8. The first-order valence-electron chi connectivity index (χ1n) is 12.0. The molecule has 1 fully saturated rings. The molecule has 1 amide bonds. The van der Waals surface area contributed by atoms with E-state index in [0.29, 0.717) is 53.4 Å². The van der Waals surface area contributed by atoms with Crippen molar-refractivity contribution in [2.45, 2.75) is 6.04 Å². The lowest BCUT2D eigenvalue weighted by atomic mass is 10.0. The number of amides is 1. The number of nitrogens with zero attached hydrogens (tertiary/aromatic N) is 3. The molecule has 4 N–H and O–H groups in total. The van der Waals surface area contributed by atoms with Gasteiger partial charge in [0.1, 0.15) is 5.82 Å².